The first-order valence-corrected chi connectivity index (χ1v) is 9.32. The lowest BCUT2D eigenvalue weighted by Gasteiger charge is -2.38. The Morgan fingerprint density at radius 3 is 2.48 bits per heavy atom. The van der Waals surface area contributed by atoms with Gasteiger partial charge in [-0.2, -0.15) is 4.39 Å². The highest BCUT2D eigenvalue weighted by molar-refractivity contribution is 7.91. The Morgan fingerprint density at radius 2 is 1.91 bits per heavy atom. The normalized spacial score (nSPS) is 24.7. The maximum atomic E-state index is 13.7. The van der Waals surface area contributed by atoms with E-state index in [1.807, 2.05) is 0 Å². The van der Waals surface area contributed by atoms with Gasteiger partial charge in [0.05, 0.1) is 16.4 Å². The van der Waals surface area contributed by atoms with E-state index in [1.54, 1.807) is 11.0 Å². The molecule has 1 aromatic carbocycles. The molecule has 2 aliphatic rings. The molecule has 0 aromatic heterocycles. The van der Waals surface area contributed by atoms with Crippen molar-refractivity contribution >= 4 is 21.2 Å². The van der Waals surface area contributed by atoms with Crippen LogP contribution < -0.4 is 4.90 Å². The van der Waals surface area contributed by atoms with Crippen molar-refractivity contribution in [3.63, 3.8) is 0 Å². The minimum absolute atomic E-state index is 0.0321. The first kappa shape index (κ1) is 16.1. The molecule has 0 N–H and O–H groups in total. The highest BCUT2D eigenvalue weighted by atomic mass is 32.2. The molecule has 0 saturated carbocycles. The molecule has 2 fully saturated rings. The third kappa shape index (κ3) is 3.30. The van der Waals surface area contributed by atoms with Crippen LogP contribution >= 0.6 is 0 Å². The molecule has 0 unspecified atom stereocenters. The molecule has 0 aliphatic carbocycles. The van der Waals surface area contributed by atoms with E-state index in [9.17, 15) is 22.9 Å². The molecule has 0 spiro atoms. The average Bonchev–Trinajstić information content (AvgIpc) is 2.87. The summed E-state index contributed by atoms with van der Waals surface area (Å²) in [6.07, 6.45) is 0.641. The van der Waals surface area contributed by atoms with Crippen LogP contribution in [0.3, 0.4) is 0 Å². The fourth-order valence-corrected chi connectivity index (χ4v) is 5.09. The molecule has 3 rings (SSSR count). The average molecular weight is 343 g/mol. The first-order chi connectivity index (χ1) is 10.9. The summed E-state index contributed by atoms with van der Waals surface area (Å²) in [4.78, 5) is 14.3. The number of anilines is 1. The number of sulfone groups is 1. The lowest BCUT2D eigenvalue weighted by Crippen LogP contribution is -2.50. The van der Waals surface area contributed by atoms with E-state index in [-0.39, 0.29) is 23.2 Å². The van der Waals surface area contributed by atoms with E-state index in [0.29, 0.717) is 32.6 Å². The van der Waals surface area contributed by atoms with Crippen LogP contribution in [-0.4, -0.2) is 62.0 Å². The Labute approximate surface area is 133 Å². The van der Waals surface area contributed by atoms with Crippen LogP contribution in [0.2, 0.25) is 0 Å². The molecule has 1 aromatic rings. The second-order valence-corrected chi connectivity index (χ2v) is 8.17. The summed E-state index contributed by atoms with van der Waals surface area (Å²) >= 11 is 0. The molecule has 0 amide bonds. The first-order valence-electron chi connectivity index (χ1n) is 7.50. The summed E-state index contributed by atoms with van der Waals surface area (Å²) in [7, 11) is -2.93. The number of nitro benzene ring substituents is 1. The predicted octanol–water partition coefficient (Wildman–Crippen LogP) is 1.04. The predicted molar refractivity (Wildman–Crippen MR) is 83.9 cm³/mol. The van der Waals surface area contributed by atoms with Crippen LogP contribution in [0.1, 0.15) is 6.42 Å². The highest BCUT2D eigenvalue weighted by Gasteiger charge is 2.34. The summed E-state index contributed by atoms with van der Waals surface area (Å²) in [5, 5.41) is 11.1. The van der Waals surface area contributed by atoms with Gasteiger partial charge in [-0.05, 0) is 18.6 Å². The number of benzene rings is 1. The molecule has 23 heavy (non-hydrogen) atoms. The summed E-state index contributed by atoms with van der Waals surface area (Å²) < 4.78 is 36.9. The van der Waals surface area contributed by atoms with Crippen LogP contribution in [0.25, 0.3) is 0 Å². The van der Waals surface area contributed by atoms with E-state index >= 15 is 0 Å². The van der Waals surface area contributed by atoms with Crippen molar-refractivity contribution in [1.82, 2.24) is 4.90 Å². The molecule has 0 radical (unpaired) electrons. The third-order valence-electron chi connectivity index (χ3n) is 4.53. The summed E-state index contributed by atoms with van der Waals surface area (Å²) in [5.74, 6) is -0.419. The van der Waals surface area contributed by atoms with Gasteiger partial charge in [0, 0.05) is 32.2 Å². The lowest BCUT2D eigenvalue weighted by molar-refractivity contribution is -0.386. The smallest absolute Gasteiger partial charge is 0.327 e. The number of nitro groups is 1. The molecule has 2 saturated heterocycles. The Morgan fingerprint density at radius 1 is 1.22 bits per heavy atom. The third-order valence-corrected chi connectivity index (χ3v) is 6.28. The molecule has 9 heteroatoms. The lowest BCUT2D eigenvalue weighted by atomic mass is 10.1. The molecule has 126 valence electrons. The molecule has 1 atom stereocenters. The number of piperazine rings is 1. The number of hydrogen-bond donors (Lipinski definition) is 0. The van der Waals surface area contributed by atoms with Crippen LogP contribution in [0.4, 0.5) is 15.8 Å². The SMILES string of the molecule is O=[N+]([O-])c1c(F)cccc1N1CCN([C@@H]2CCS(=O)(=O)C2)CC1. The van der Waals surface area contributed by atoms with Gasteiger partial charge in [0.25, 0.3) is 0 Å². The Balaban J connectivity index is 1.70. The maximum absolute atomic E-state index is 13.7. The summed E-state index contributed by atoms with van der Waals surface area (Å²) in [6.45, 7) is 2.27. The zero-order valence-corrected chi connectivity index (χ0v) is 13.3. The second kappa shape index (κ2) is 6.04. The summed E-state index contributed by atoms with van der Waals surface area (Å²) in [6, 6.07) is 4.14. The molecule has 7 nitrogen and oxygen atoms in total. The topological polar surface area (TPSA) is 83.8 Å². The Kier molecular flexibility index (Phi) is 4.24. The van der Waals surface area contributed by atoms with Crippen molar-refractivity contribution in [2.24, 2.45) is 0 Å². The number of halogens is 1. The van der Waals surface area contributed by atoms with Gasteiger partial charge in [0.15, 0.2) is 9.84 Å². The van der Waals surface area contributed by atoms with Crippen molar-refractivity contribution < 1.29 is 17.7 Å². The highest BCUT2D eigenvalue weighted by Crippen LogP contribution is 2.32. The largest absolute Gasteiger partial charge is 0.363 e. The van der Waals surface area contributed by atoms with E-state index < -0.39 is 26.3 Å². The van der Waals surface area contributed by atoms with Crippen LogP contribution in [0.15, 0.2) is 18.2 Å². The molecular formula is C14H18FN3O4S. The molecule has 2 heterocycles. The minimum Gasteiger partial charge on any atom is -0.363 e. The van der Waals surface area contributed by atoms with E-state index in [0.717, 1.165) is 6.07 Å². The van der Waals surface area contributed by atoms with Gasteiger partial charge in [0.2, 0.25) is 5.82 Å². The number of rotatable bonds is 3. The molecule has 2 aliphatic heterocycles. The van der Waals surface area contributed by atoms with Crippen LogP contribution in [0, 0.1) is 15.9 Å². The maximum Gasteiger partial charge on any atom is 0.327 e. The Hall–Kier alpha value is -1.74. The van der Waals surface area contributed by atoms with Gasteiger partial charge in [-0.15, -0.1) is 0 Å². The van der Waals surface area contributed by atoms with Gasteiger partial charge in [-0.3, -0.25) is 15.0 Å². The van der Waals surface area contributed by atoms with Gasteiger partial charge in [-0.25, -0.2) is 8.42 Å². The number of para-hydroxylation sites is 1. The van der Waals surface area contributed by atoms with Crippen LogP contribution in [0.5, 0.6) is 0 Å². The van der Waals surface area contributed by atoms with Crippen molar-refractivity contribution in [2.75, 3.05) is 42.6 Å². The minimum atomic E-state index is -2.93. The fraction of sp³-hybridized carbons (Fsp3) is 0.571. The number of hydrogen-bond acceptors (Lipinski definition) is 6. The van der Waals surface area contributed by atoms with Crippen molar-refractivity contribution in [2.45, 2.75) is 12.5 Å². The van der Waals surface area contributed by atoms with Gasteiger partial charge >= 0.3 is 5.69 Å². The molecule has 0 bridgehead atoms. The number of nitrogens with zero attached hydrogens (tertiary/aromatic N) is 3. The second-order valence-electron chi connectivity index (χ2n) is 5.94. The van der Waals surface area contributed by atoms with Gasteiger partial charge in [-0.1, -0.05) is 6.07 Å². The van der Waals surface area contributed by atoms with E-state index in [4.69, 9.17) is 0 Å². The van der Waals surface area contributed by atoms with E-state index in [2.05, 4.69) is 4.90 Å². The van der Waals surface area contributed by atoms with Crippen LogP contribution in [-0.2, 0) is 9.84 Å². The van der Waals surface area contributed by atoms with Crippen molar-refractivity contribution in [3.05, 3.63) is 34.1 Å². The zero-order chi connectivity index (χ0) is 16.6. The molecular weight excluding hydrogens is 325 g/mol. The fourth-order valence-electron chi connectivity index (χ4n) is 3.33. The van der Waals surface area contributed by atoms with Gasteiger partial charge in [0.1, 0.15) is 5.69 Å². The Bertz CT molecular complexity index is 717. The zero-order valence-electron chi connectivity index (χ0n) is 12.5. The standard InChI is InChI=1S/C14H18FN3O4S/c15-12-2-1-3-13(14(12)18(19)20)17-7-5-16(6-8-17)11-4-9-23(21,22)10-11/h1-3,11H,4-10H2/t11-/m1/s1. The summed E-state index contributed by atoms with van der Waals surface area (Å²) in [5.41, 5.74) is -0.210. The quantitative estimate of drug-likeness (QED) is 0.602. The monoisotopic (exact) mass is 343 g/mol. The van der Waals surface area contributed by atoms with Crippen molar-refractivity contribution in [3.8, 4) is 0 Å². The van der Waals surface area contributed by atoms with Gasteiger partial charge < -0.3 is 4.90 Å². The van der Waals surface area contributed by atoms with Crippen molar-refractivity contribution in [1.29, 1.82) is 0 Å². The van der Waals surface area contributed by atoms with E-state index in [1.165, 1.54) is 6.07 Å².